The molecule has 1 amide bonds. The summed E-state index contributed by atoms with van der Waals surface area (Å²) in [4.78, 5) is 11.9. The molecule has 0 aliphatic heterocycles. The van der Waals surface area contributed by atoms with Crippen LogP contribution in [0.5, 0.6) is 0 Å². The van der Waals surface area contributed by atoms with E-state index in [2.05, 4.69) is 38.3 Å². The van der Waals surface area contributed by atoms with Gasteiger partial charge in [0.2, 0.25) is 5.91 Å². The Kier molecular flexibility index (Phi) is 3.89. The van der Waals surface area contributed by atoms with Crippen molar-refractivity contribution < 1.29 is 4.79 Å². The number of carbonyl (C=O) groups excluding carboxylic acids is 1. The van der Waals surface area contributed by atoms with Gasteiger partial charge in [-0.05, 0) is 51.0 Å². The van der Waals surface area contributed by atoms with Gasteiger partial charge in [0, 0.05) is 5.54 Å². The van der Waals surface area contributed by atoms with Crippen LogP contribution in [0.4, 0.5) is 0 Å². The summed E-state index contributed by atoms with van der Waals surface area (Å²) in [5, 5.41) is 6.37. The monoisotopic (exact) mass is 254 g/mol. The molecule has 0 heterocycles. The Labute approximate surface area is 112 Å². The minimum Gasteiger partial charge on any atom is -0.350 e. The van der Waals surface area contributed by atoms with Gasteiger partial charge in [-0.25, -0.2) is 0 Å². The fourth-order valence-corrected chi connectivity index (χ4v) is 2.71. The van der Waals surface area contributed by atoms with Crippen molar-refractivity contribution in [2.45, 2.75) is 67.0 Å². The Hall–Kier alpha value is -0.570. The molecular weight excluding hydrogens is 224 g/mol. The quantitative estimate of drug-likeness (QED) is 0.809. The summed E-state index contributed by atoms with van der Waals surface area (Å²) in [5.41, 5.74) is 0.589. The maximum Gasteiger partial charge on any atom is 0.237 e. The first kappa shape index (κ1) is 15.5. The number of hydrogen-bond acceptors (Lipinski definition) is 2. The Bertz CT molecular complexity index is 312. The molecule has 3 heteroatoms. The van der Waals surface area contributed by atoms with Crippen LogP contribution in [-0.2, 0) is 4.79 Å². The molecule has 1 aliphatic rings. The number of carbonyl (C=O) groups is 1. The van der Waals surface area contributed by atoms with E-state index < -0.39 is 0 Å². The van der Waals surface area contributed by atoms with Gasteiger partial charge in [-0.3, -0.25) is 4.79 Å². The molecule has 2 N–H and O–H groups in total. The van der Waals surface area contributed by atoms with Crippen molar-refractivity contribution in [1.29, 1.82) is 0 Å². The molecule has 1 rings (SSSR count). The first-order valence-electron chi connectivity index (χ1n) is 6.95. The van der Waals surface area contributed by atoms with Crippen LogP contribution in [0.15, 0.2) is 0 Å². The molecule has 0 bridgehead atoms. The fraction of sp³-hybridized carbons (Fsp3) is 0.933. The van der Waals surface area contributed by atoms with Crippen molar-refractivity contribution in [2.24, 2.45) is 16.7 Å². The molecule has 1 fully saturated rings. The molecule has 0 radical (unpaired) electrons. The van der Waals surface area contributed by atoms with Gasteiger partial charge in [0.1, 0.15) is 0 Å². The average molecular weight is 254 g/mol. The maximum atomic E-state index is 11.9. The third-order valence-corrected chi connectivity index (χ3v) is 4.84. The number of hydrogen-bond donors (Lipinski definition) is 2. The minimum absolute atomic E-state index is 0.0822. The molecule has 3 nitrogen and oxygen atoms in total. The van der Waals surface area contributed by atoms with Crippen molar-refractivity contribution in [3.05, 3.63) is 0 Å². The van der Waals surface area contributed by atoms with Crippen molar-refractivity contribution in [3.63, 3.8) is 0 Å². The van der Waals surface area contributed by atoms with Crippen LogP contribution in [-0.4, -0.2) is 24.0 Å². The Morgan fingerprint density at radius 2 is 1.61 bits per heavy atom. The minimum atomic E-state index is -0.162. The highest BCUT2D eigenvalue weighted by atomic mass is 16.2. The lowest BCUT2D eigenvalue weighted by molar-refractivity contribution is -0.124. The second-order valence-electron chi connectivity index (χ2n) is 7.87. The van der Waals surface area contributed by atoms with Gasteiger partial charge in [0.15, 0.2) is 0 Å². The van der Waals surface area contributed by atoms with Gasteiger partial charge >= 0.3 is 0 Å². The first-order chi connectivity index (χ1) is 7.89. The summed E-state index contributed by atoms with van der Waals surface area (Å²) < 4.78 is 0. The molecule has 1 saturated carbocycles. The Morgan fingerprint density at radius 1 is 1.17 bits per heavy atom. The SMILES string of the molecule is CC(NCC1C(C)(C)C1(C)C)C(=O)NC(C)(C)C. The van der Waals surface area contributed by atoms with E-state index >= 15 is 0 Å². The van der Waals surface area contributed by atoms with Crippen molar-refractivity contribution in [1.82, 2.24) is 10.6 Å². The topological polar surface area (TPSA) is 41.1 Å². The number of amides is 1. The highest BCUT2D eigenvalue weighted by Crippen LogP contribution is 2.67. The van der Waals surface area contributed by atoms with Crippen molar-refractivity contribution >= 4 is 5.91 Å². The van der Waals surface area contributed by atoms with Gasteiger partial charge in [0.05, 0.1) is 6.04 Å². The summed E-state index contributed by atoms with van der Waals surface area (Å²) >= 11 is 0. The van der Waals surface area contributed by atoms with E-state index in [-0.39, 0.29) is 17.5 Å². The molecule has 0 aromatic heterocycles. The Morgan fingerprint density at radius 3 is 1.94 bits per heavy atom. The van der Waals surface area contributed by atoms with E-state index in [1.165, 1.54) is 0 Å². The van der Waals surface area contributed by atoms with Gasteiger partial charge in [-0.1, -0.05) is 27.7 Å². The molecule has 1 unspecified atom stereocenters. The summed E-state index contributed by atoms with van der Waals surface area (Å²) in [6, 6.07) is -0.128. The smallest absolute Gasteiger partial charge is 0.237 e. The van der Waals surface area contributed by atoms with Crippen molar-refractivity contribution in [2.75, 3.05) is 6.54 Å². The fourth-order valence-electron chi connectivity index (χ4n) is 2.71. The number of nitrogens with one attached hydrogen (secondary N) is 2. The largest absolute Gasteiger partial charge is 0.350 e. The van der Waals surface area contributed by atoms with Gasteiger partial charge < -0.3 is 10.6 Å². The molecule has 0 spiro atoms. The molecule has 1 atom stereocenters. The molecule has 0 aromatic carbocycles. The predicted molar refractivity (Wildman–Crippen MR) is 76.4 cm³/mol. The zero-order valence-corrected chi connectivity index (χ0v) is 13.3. The van der Waals surface area contributed by atoms with Crippen LogP contribution in [0.2, 0.25) is 0 Å². The summed E-state index contributed by atoms with van der Waals surface area (Å²) in [7, 11) is 0. The third-order valence-electron chi connectivity index (χ3n) is 4.84. The zero-order chi connectivity index (χ0) is 14.4. The molecule has 1 aliphatic carbocycles. The van der Waals surface area contributed by atoms with Crippen LogP contribution in [0.1, 0.15) is 55.4 Å². The summed E-state index contributed by atoms with van der Waals surface area (Å²) in [5.74, 6) is 0.730. The van der Waals surface area contributed by atoms with E-state index in [0.29, 0.717) is 16.7 Å². The van der Waals surface area contributed by atoms with Crippen LogP contribution in [0.3, 0.4) is 0 Å². The normalized spacial score (nSPS) is 23.6. The van der Waals surface area contributed by atoms with Crippen LogP contribution in [0, 0.1) is 16.7 Å². The lowest BCUT2D eigenvalue weighted by Gasteiger charge is -2.24. The van der Waals surface area contributed by atoms with E-state index in [9.17, 15) is 4.79 Å². The highest BCUT2D eigenvalue weighted by molar-refractivity contribution is 5.81. The Balaban J connectivity index is 2.40. The van der Waals surface area contributed by atoms with E-state index in [1.54, 1.807) is 0 Å². The molecular formula is C15H30N2O. The average Bonchev–Trinajstić information content (AvgIpc) is 2.51. The first-order valence-corrected chi connectivity index (χ1v) is 6.95. The third kappa shape index (κ3) is 3.05. The lowest BCUT2D eigenvalue weighted by Crippen LogP contribution is -2.50. The van der Waals surface area contributed by atoms with E-state index in [4.69, 9.17) is 0 Å². The van der Waals surface area contributed by atoms with Crippen LogP contribution >= 0.6 is 0 Å². The lowest BCUT2D eigenvalue weighted by atomic mass is 10.0. The highest BCUT2D eigenvalue weighted by Gasteiger charge is 2.63. The maximum absolute atomic E-state index is 11.9. The van der Waals surface area contributed by atoms with Crippen molar-refractivity contribution in [3.8, 4) is 0 Å². The van der Waals surface area contributed by atoms with E-state index in [1.807, 2.05) is 27.7 Å². The second kappa shape index (κ2) is 4.52. The van der Waals surface area contributed by atoms with Gasteiger partial charge in [-0.15, -0.1) is 0 Å². The van der Waals surface area contributed by atoms with Crippen LogP contribution < -0.4 is 10.6 Å². The van der Waals surface area contributed by atoms with Crippen LogP contribution in [0.25, 0.3) is 0 Å². The molecule has 106 valence electrons. The standard InChI is InChI=1S/C15H30N2O/c1-10(12(18)17-13(2,3)4)16-9-11-14(5,6)15(11,7)8/h10-11,16H,9H2,1-8H3,(H,17,18). The molecule has 18 heavy (non-hydrogen) atoms. The number of rotatable bonds is 4. The van der Waals surface area contributed by atoms with Gasteiger partial charge in [-0.2, -0.15) is 0 Å². The second-order valence-corrected chi connectivity index (χ2v) is 7.87. The summed E-state index contributed by atoms with van der Waals surface area (Å²) in [6.07, 6.45) is 0. The molecule has 0 aromatic rings. The molecule has 0 saturated heterocycles. The van der Waals surface area contributed by atoms with E-state index in [0.717, 1.165) is 6.54 Å². The van der Waals surface area contributed by atoms with Gasteiger partial charge in [0.25, 0.3) is 0 Å². The predicted octanol–water partition coefficient (Wildman–Crippen LogP) is 2.56. The zero-order valence-electron chi connectivity index (χ0n) is 13.3. The summed E-state index contributed by atoms with van der Waals surface area (Å²) in [6.45, 7) is 18.1.